The summed E-state index contributed by atoms with van der Waals surface area (Å²) in [7, 11) is 0. The van der Waals surface area contributed by atoms with Gasteiger partial charge in [-0.25, -0.2) is 4.39 Å². The van der Waals surface area contributed by atoms with Crippen molar-refractivity contribution < 1.29 is 4.39 Å². The first kappa shape index (κ1) is 14.4. The molecule has 0 saturated heterocycles. The molecule has 1 N–H and O–H groups in total. The van der Waals surface area contributed by atoms with Gasteiger partial charge in [0.15, 0.2) is 0 Å². The number of hydrogen-bond acceptors (Lipinski definition) is 3. The van der Waals surface area contributed by atoms with Crippen molar-refractivity contribution in [3.8, 4) is 0 Å². The van der Waals surface area contributed by atoms with Crippen molar-refractivity contribution in [3.63, 3.8) is 0 Å². The van der Waals surface area contributed by atoms with E-state index in [0.29, 0.717) is 0 Å². The molecule has 2 aromatic heterocycles. The fourth-order valence-corrected chi connectivity index (χ4v) is 3.34. The summed E-state index contributed by atoms with van der Waals surface area (Å²) < 4.78 is 13.6. The normalized spacial score (nSPS) is 15.3. The highest BCUT2D eigenvalue weighted by Gasteiger charge is 2.22. The lowest BCUT2D eigenvalue weighted by atomic mass is 10.0. The van der Waals surface area contributed by atoms with Gasteiger partial charge in [-0.1, -0.05) is 0 Å². The molecule has 3 heterocycles. The molecule has 0 spiro atoms. The van der Waals surface area contributed by atoms with Gasteiger partial charge in [-0.15, -0.1) is 0 Å². The van der Waals surface area contributed by atoms with Gasteiger partial charge in [0, 0.05) is 42.7 Å². The lowest BCUT2D eigenvalue weighted by molar-refractivity contribution is 0.241. The summed E-state index contributed by atoms with van der Waals surface area (Å²) >= 11 is 0. The summed E-state index contributed by atoms with van der Waals surface area (Å²) in [6.07, 6.45) is 0.951. The van der Waals surface area contributed by atoms with Crippen LogP contribution in [0, 0.1) is 12.7 Å². The summed E-state index contributed by atoms with van der Waals surface area (Å²) in [5.74, 6) is -0.182. The molecule has 0 saturated carbocycles. The minimum absolute atomic E-state index is 0.182. The molecule has 3 aromatic rings. The van der Waals surface area contributed by atoms with Crippen molar-refractivity contribution in [2.45, 2.75) is 39.9 Å². The number of benzene rings is 1. The Kier molecular flexibility index (Phi) is 3.41. The summed E-state index contributed by atoms with van der Waals surface area (Å²) in [4.78, 5) is 7.52. The second-order valence-electron chi connectivity index (χ2n) is 6.15. The largest absolute Gasteiger partial charge is 0.358 e. The number of aryl methyl sites for hydroxylation is 2. The van der Waals surface area contributed by atoms with Crippen LogP contribution in [0.25, 0.3) is 10.9 Å². The number of nitrogens with one attached hydrogen (secondary N) is 1. The van der Waals surface area contributed by atoms with E-state index in [1.807, 2.05) is 19.9 Å². The number of halogens is 1. The Labute approximate surface area is 134 Å². The van der Waals surface area contributed by atoms with Gasteiger partial charge < -0.3 is 4.98 Å². The van der Waals surface area contributed by atoms with Crippen LogP contribution in [0.15, 0.2) is 18.2 Å². The molecule has 1 aliphatic rings. The molecule has 0 bridgehead atoms. The van der Waals surface area contributed by atoms with Crippen LogP contribution in [0.3, 0.4) is 0 Å². The van der Waals surface area contributed by atoms with Crippen LogP contribution in [0.4, 0.5) is 4.39 Å². The van der Waals surface area contributed by atoms with Gasteiger partial charge in [0.05, 0.1) is 17.9 Å². The Balaban J connectivity index is 1.61. The molecule has 0 atom stereocenters. The number of fused-ring (bicyclic) bond motifs is 3. The van der Waals surface area contributed by atoms with E-state index in [9.17, 15) is 4.39 Å². The molecule has 0 aliphatic carbocycles. The fourth-order valence-electron chi connectivity index (χ4n) is 3.34. The van der Waals surface area contributed by atoms with E-state index < -0.39 is 0 Å². The molecule has 5 nitrogen and oxygen atoms in total. The Bertz CT molecular complexity index is 863. The maximum atomic E-state index is 13.6. The highest BCUT2D eigenvalue weighted by Crippen LogP contribution is 2.29. The Morgan fingerprint density at radius 3 is 2.96 bits per heavy atom. The van der Waals surface area contributed by atoms with Crippen LogP contribution in [-0.4, -0.2) is 31.4 Å². The molecular weight excluding hydrogens is 293 g/mol. The standard InChI is InChI=1S/C17H20FN5/c1-3-23-20-11(2)17(21-23)10-22-7-6-16-14(9-22)13-8-12(18)4-5-15(13)19-16/h4-5,8,19H,3,6-7,9-10H2,1-2H3. The Hall–Kier alpha value is -2.21. The molecule has 0 amide bonds. The van der Waals surface area contributed by atoms with Crippen molar-refractivity contribution >= 4 is 10.9 Å². The van der Waals surface area contributed by atoms with Crippen LogP contribution in [-0.2, 0) is 26.1 Å². The molecule has 4 rings (SSSR count). The topological polar surface area (TPSA) is 49.7 Å². The van der Waals surface area contributed by atoms with Gasteiger partial charge in [0.2, 0.25) is 0 Å². The lowest BCUT2D eigenvalue weighted by Crippen LogP contribution is -2.30. The summed E-state index contributed by atoms with van der Waals surface area (Å²) in [6, 6.07) is 4.96. The highest BCUT2D eigenvalue weighted by atomic mass is 19.1. The molecule has 1 aliphatic heterocycles. The summed E-state index contributed by atoms with van der Waals surface area (Å²) in [5, 5.41) is 9.95. The monoisotopic (exact) mass is 313 g/mol. The van der Waals surface area contributed by atoms with Crippen molar-refractivity contribution in [1.82, 2.24) is 24.9 Å². The zero-order chi connectivity index (χ0) is 16.0. The van der Waals surface area contributed by atoms with Crippen LogP contribution in [0.1, 0.15) is 29.6 Å². The lowest BCUT2D eigenvalue weighted by Gasteiger charge is -2.26. The third-order valence-electron chi connectivity index (χ3n) is 4.59. The van der Waals surface area contributed by atoms with E-state index in [0.717, 1.165) is 54.9 Å². The van der Waals surface area contributed by atoms with Gasteiger partial charge in [-0.3, -0.25) is 4.90 Å². The Morgan fingerprint density at radius 1 is 1.30 bits per heavy atom. The van der Waals surface area contributed by atoms with Gasteiger partial charge in [0.1, 0.15) is 5.82 Å². The molecule has 0 unspecified atom stereocenters. The van der Waals surface area contributed by atoms with E-state index in [2.05, 4.69) is 20.1 Å². The third-order valence-corrected chi connectivity index (χ3v) is 4.59. The van der Waals surface area contributed by atoms with E-state index in [1.54, 1.807) is 10.9 Å². The first-order valence-electron chi connectivity index (χ1n) is 8.06. The van der Waals surface area contributed by atoms with Crippen molar-refractivity contribution in [2.75, 3.05) is 6.54 Å². The van der Waals surface area contributed by atoms with E-state index in [-0.39, 0.29) is 5.82 Å². The second-order valence-corrected chi connectivity index (χ2v) is 6.15. The number of hydrogen-bond donors (Lipinski definition) is 1. The predicted molar refractivity (Wildman–Crippen MR) is 86.5 cm³/mol. The van der Waals surface area contributed by atoms with Crippen molar-refractivity contribution in [1.29, 1.82) is 0 Å². The molecule has 23 heavy (non-hydrogen) atoms. The van der Waals surface area contributed by atoms with E-state index >= 15 is 0 Å². The number of H-pyrrole nitrogens is 1. The molecular formula is C17H20FN5. The average molecular weight is 313 g/mol. The number of rotatable bonds is 3. The summed E-state index contributed by atoms with van der Waals surface area (Å²) in [6.45, 7) is 7.40. The second kappa shape index (κ2) is 5.45. The maximum Gasteiger partial charge on any atom is 0.123 e. The van der Waals surface area contributed by atoms with E-state index in [1.165, 1.54) is 17.3 Å². The molecule has 120 valence electrons. The summed E-state index contributed by atoms with van der Waals surface area (Å²) in [5.41, 5.74) is 5.48. The van der Waals surface area contributed by atoms with Gasteiger partial charge >= 0.3 is 0 Å². The number of aromatic amines is 1. The molecule has 6 heteroatoms. The first-order chi connectivity index (χ1) is 11.1. The smallest absolute Gasteiger partial charge is 0.123 e. The van der Waals surface area contributed by atoms with Crippen LogP contribution >= 0.6 is 0 Å². The van der Waals surface area contributed by atoms with Gasteiger partial charge in [0.25, 0.3) is 0 Å². The van der Waals surface area contributed by atoms with Gasteiger partial charge in [-0.2, -0.15) is 15.0 Å². The fraction of sp³-hybridized carbons (Fsp3) is 0.412. The Morgan fingerprint density at radius 2 is 2.17 bits per heavy atom. The van der Waals surface area contributed by atoms with Crippen LogP contribution < -0.4 is 0 Å². The average Bonchev–Trinajstić information content (AvgIpc) is 3.08. The van der Waals surface area contributed by atoms with E-state index in [4.69, 9.17) is 0 Å². The minimum atomic E-state index is -0.182. The third kappa shape index (κ3) is 2.53. The number of aromatic nitrogens is 4. The van der Waals surface area contributed by atoms with Crippen LogP contribution in [0.5, 0.6) is 0 Å². The zero-order valence-corrected chi connectivity index (χ0v) is 13.4. The molecule has 0 fully saturated rings. The maximum absolute atomic E-state index is 13.6. The molecule has 0 radical (unpaired) electrons. The predicted octanol–water partition coefficient (Wildman–Crippen LogP) is 2.79. The number of nitrogens with zero attached hydrogens (tertiary/aromatic N) is 4. The first-order valence-corrected chi connectivity index (χ1v) is 8.06. The SMILES string of the molecule is CCn1nc(C)c(CN2CCc3[nH]c4ccc(F)cc4c3C2)n1. The van der Waals surface area contributed by atoms with Crippen molar-refractivity contribution in [3.05, 3.63) is 46.7 Å². The van der Waals surface area contributed by atoms with Gasteiger partial charge in [-0.05, 0) is 37.6 Å². The van der Waals surface area contributed by atoms with Crippen molar-refractivity contribution in [2.24, 2.45) is 0 Å². The van der Waals surface area contributed by atoms with Crippen LogP contribution in [0.2, 0.25) is 0 Å². The molecule has 1 aromatic carbocycles. The quantitative estimate of drug-likeness (QED) is 0.809. The zero-order valence-electron chi connectivity index (χ0n) is 13.4. The minimum Gasteiger partial charge on any atom is -0.358 e. The highest BCUT2D eigenvalue weighted by molar-refractivity contribution is 5.84.